The van der Waals surface area contributed by atoms with Gasteiger partial charge in [0.15, 0.2) is 11.5 Å². The highest BCUT2D eigenvalue weighted by Crippen LogP contribution is 2.38. The lowest BCUT2D eigenvalue weighted by Crippen LogP contribution is -2.12. The lowest BCUT2D eigenvalue weighted by Gasteiger charge is -2.21. The second-order valence-corrected chi connectivity index (χ2v) is 4.27. The van der Waals surface area contributed by atoms with Crippen LogP contribution < -0.4 is 20.1 Å². The van der Waals surface area contributed by atoms with E-state index in [1.165, 1.54) is 6.07 Å². The first-order chi connectivity index (χ1) is 9.16. The van der Waals surface area contributed by atoms with Crippen molar-refractivity contribution in [2.45, 2.75) is 0 Å². The molecule has 98 valence electrons. The first-order valence-electron chi connectivity index (χ1n) is 5.84. The summed E-state index contributed by atoms with van der Waals surface area (Å²) in [6.45, 7) is 0.227. The van der Waals surface area contributed by atoms with Crippen molar-refractivity contribution in [3.8, 4) is 11.5 Å². The van der Waals surface area contributed by atoms with Crippen molar-refractivity contribution < 1.29 is 13.9 Å². The molecule has 0 bridgehead atoms. The fraction of sp³-hybridized carbons (Fsp3) is 0.143. The van der Waals surface area contributed by atoms with Crippen LogP contribution >= 0.6 is 0 Å². The topological polar surface area (TPSA) is 47.7 Å². The Balaban J connectivity index is 2.00. The Labute approximate surface area is 110 Å². The molecule has 1 aliphatic rings. The summed E-state index contributed by atoms with van der Waals surface area (Å²) in [4.78, 5) is 1.81. The SMILES string of the molecule is CN(c1ccc2c(c1)OCO2)c1cccc(F)c1N. The van der Waals surface area contributed by atoms with Gasteiger partial charge in [-0.3, -0.25) is 0 Å². The smallest absolute Gasteiger partial charge is 0.231 e. The maximum atomic E-state index is 13.5. The Morgan fingerprint density at radius 3 is 2.79 bits per heavy atom. The molecule has 0 radical (unpaired) electrons. The van der Waals surface area contributed by atoms with E-state index in [1.807, 2.05) is 25.2 Å². The van der Waals surface area contributed by atoms with Crippen LogP contribution in [0.2, 0.25) is 0 Å². The minimum Gasteiger partial charge on any atom is -0.454 e. The minimum absolute atomic E-state index is 0.127. The normalized spacial score (nSPS) is 12.5. The van der Waals surface area contributed by atoms with Crippen LogP contribution in [0.15, 0.2) is 36.4 Å². The zero-order valence-corrected chi connectivity index (χ0v) is 10.4. The van der Waals surface area contributed by atoms with Gasteiger partial charge in [0, 0.05) is 18.8 Å². The molecule has 0 aromatic heterocycles. The summed E-state index contributed by atoms with van der Waals surface area (Å²) in [5, 5.41) is 0. The second kappa shape index (κ2) is 4.35. The molecule has 2 aromatic carbocycles. The predicted octanol–water partition coefficient (Wildman–Crippen LogP) is 2.90. The number of halogens is 1. The molecule has 1 aliphatic heterocycles. The van der Waals surface area contributed by atoms with E-state index in [-0.39, 0.29) is 12.5 Å². The fourth-order valence-corrected chi connectivity index (χ4v) is 2.05. The molecule has 2 N–H and O–H groups in total. The van der Waals surface area contributed by atoms with Crippen LogP contribution in [-0.2, 0) is 0 Å². The molecular formula is C14H13FN2O2. The third-order valence-electron chi connectivity index (χ3n) is 3.13. The number of anilines is 3. The summed E-state index contributed by atoms with van der Waals surface area (Å²) in [5.74, 6) is 0.966. The van der Waals surface area contributed by atoms with Gasteiger partial charge in [-0.2, -0.15) is 0 Å². The van der Waals surface area contributed by atoms with Crippen LogP contribution in [0, 0.1) is 5.82 Å². The average Bonchev–Trinajstić information content (AvgIpc) is 2.88. The zero-order chi connectivity index (χ0) is 13.4. The minimum atomic E-state index is -0.426. The number of benzene rings is 2. The zero-order valence-electron chi connectivity index (χ0n) is 10.4. The van der Waals surface area contributed by atoms with Gasteiger partial charge in [-0.05, 0) is 24.3 Å². The van der Waals surface area contributed by atoms with Crippen molar-refractivity contribution in [3.05, 3.63) is 42.2 Å². The monoisotopic (exact) mass is 260 g/mol. The number of hydrogen-bond donors (Lipinski definition) is 1. The Morgan fingerprint density at radius 1 is 1.16 bits per heavy atom. The Bertz CT molecular complexity index is 631. The molecule has 1 heterocycles. The van der Waals surface area contributed by atoms with E-state index in [0.29, 0.717) is 17.2 Å². The standard InChI is InChI=1S/C14H13FN2O2/c1-17(11-4-2-3-10(15)14(11)16)9-5-6-12-13(7-9)19-8-18-12/h2-7H,8,16H2,1H3. The fourth-order valence-electron chi connectivity index (χ4n) is 2.05. The van der Waals surface area contributed by atoms with Crippen molar-refractivity contribution in [2.75, 3.05) is 24.5 Å². The van der Waals surface area contributed by atoms with Crippen molar-refractivity contribution in [3.63, 3.8) is 0 Å². The van der Waals surface area contributed by atoms with Crippen LogP contribution in [-0.4, -0.2) is 13.8 Å². The van der Waals surface area contributed by atoms with E-state index in [0.717, 1.165) is 5.69 Å². The van der Waals surface area contributed by atoms with Crippen LogP contribution in [0.25, 0.3) is 0 Å². The van der Waals surface area contributed by atoms with E-state index < -0.39 is 5.82 Å². The van der Waals surface area contributed by atoms with Crippen molar-refractivity contribution in [1.82, 2.24) is 0 Å². The average molecular weight is 260 g/mol. The Kier molecular flexibility index (Phi) is 2.67. The molecule has 4 nitrogen and oxygen atoms in total. The maximum Gasteiger partial charge on any atom is 0.231 e. The first-order valence-corrected chi connectivity index (χ1v) is 5.84. The van der Waals surface area contributed by atoms with Gasteiger partial charge >= 0.3 is 0 Å². The highest BCUT2D eigenvalue weighted by Gasteiger charge is 2.16. The third kappa shape index (κ3) is 1.93. The number of rotatable bonds is 2. The second-order valence-electron chi connectivity index (χ2n) is 4.27. The van der Waals surface area contributed by atoms with Gasteiger partial charge in [0.2, 0.25) is 6.79 Å². The molecule has 0 saturated heterocycles. The van der Waals surface area contributed by atoms with E-state index in [9.17, 15) is 4.39 Å². The van der Waals surface area contributed by atoms with Gasteiger partial charge < -0.3 is 20.1 Å². The number of ether oxygens (including phenoxy) is 2. The van der Waals surface area contributed by atoms with Gasteiger partial charge in [0.25, 0.3) is 0 Å². The van der Waals surface area contributed by atoms with Crippen molar-refractivity contribution in [2.24, 2.45) is 0 Å². The Morgan fingerprint density at radius 2 is 1.95 bits per heavy atom. The van der Waals surface area contributed by atoms with Gasteiger partial charge in [-0.15, -0.1) is 0 Å². The summed E-state index contributed by atoms with van der Waals surface area (Å²) >= 11 is 0. The third-order valence-corrected chi connectivity index (χ3v) is 3.13. The van der Waals surface area contributed by atoms with Gasteiger partial charge in [0.05, 0.1) is 11.4 Å². The number of para-hydroxylation sites is 1. The molecule has 0 aliphatic carbocycles. The molecule has 5 heteroatoms. The molecule has 0 spiro atoms. The van der Waals surface area contributed by atoms with E-state index >= 15 is 0 Å². The first kappa shape index (κ1) is 11.6. The van der Waals surface area contributed by atoms with E-state index in [1.54, 1.807) is 17.0 Å². The maximum absolute atomic E-state index is 13.5. The highest BCUT2D eigenvalue weighted by molar-refractivity contribution is 5.75. The van der Waals surface area contributed by atoms with Crippen LogP contribution in [0.5, 0.6) is 11.5 Å². The molecule has 0 atom stereocenters. The molecule has 0 amide bonds. The van der Waals surface area contributed by atoms with Crippen LogP contribution in [0.1, 0.15) is 0 Å². The lowest BCUT2D eigenvalue weighted by atomic mass is 10.2. The number of hydrogen-bond acceptors (Lipinski definition) is 4. The van der Waals surface area contributed by atoms with Crippen LogP contribution in [0.4, 0.5) is 21.5 Å². The van der Waals surface area contributed by atoms with Gasteiger partial charge in [-0.1, -0.05) is 6.07 Å². The number of nitrogen functional groups attached to an aromatic ring is 1. The lowest BCUT2D eigenvalue weighted by molar-refractivity contribution is 0.174. The number of nitrogens with zero attached hydrogens (tertiary/aromatic N) is 1. The molecule has 0 fully saturated rings. The van der Waals surface area contributed by atoms with Crippen LogP contribution in [0.3, 0.4) is 0 Å². The van der Waals surface area contributed by atoms with E-state index in [4.69, 9.17) is 15.2 Å². The quantitative estimate of drug-likeness (QED) is 0.843. The molecular weight excluding hydrogens is 247 g/mol. The molecule has 19 heavy (non-hydrogen) atoms. The molecule has 0 saturated carbocycles. The molecule has 2 aromatic rings. The predicted molar refractivity (Wildman–Crippen MR) is 71.4 cm³/mol. The number of nitrogens with two attached hydrogens (primary N) is 1. The molecule has 3 rings (SSSR count). The highest BCUT2D eigenvalue weighted by atomic mass is 19.1. The van der Waals surface area contributed by atoms with Crippen molar-refractivity contribution >= 4 is 17.1 Å². The van der Waals surface area contributed by atoms with Gasteiger partial charge in [0.1, 0.15) is 5.82 Å². The van der Waals surface area contributed by atoms with Gasteiger partial charge in [-0.25, -0.2) is 4.39 Å². The summed E-state index contributed by atoms with van der Waals surface area (Å²) in [6.07, 6.45) is 0. The summed E-state index contributed by atoms with van der Waals surface area (Å²) in [5.41, 5.74) is 7.35. The summed E-state index contributed by atoms with van der Waals surface area (Å²) < 4.78 is 24.1. The van der Waals surface area contributed by atoms with Crippen molar-refractivity contribution in [1.29, 1.82) is 0 Å². The summed E-state index contributed by atoms with van der Waals surface area (Å²) in [7, 11) is 1.82. The largest absolute Gasteiger partial charge is 0.454 e. The Hall–Kier alpha value is -2.43. The molecule has 0 unspecified atom stereocenters. The number of fused-ring (bicyclic) bond motifs is 1. The van der Waals surface area contributed by atoms with E-state index in [2.05, 4.69) is 0 Å². The summed E-state index contributed by atoms with van der Waals surface area (Å²) in [6, 6.07) is 10.3.